The Bertz CT molecular complexity index is 776. The van der Waals surface area contributed by atoms with Crippen LogP contribution in [-0.2, 0) is 10.0 Å². The van der Waals surface area contributed by atoms with Gasteiger partial charge in [0.25, 0.3) is 5.91 Å². The summed E-state index contributed by atoms with van der Waals surface area (Å²) >= 11 is 0. The molecule has 0 atom stereocenters. The topological polar surface area (TPSA) is 75.7 Å². The standard InChI is InChI=1S/C20H32N2O4S/c1-14-7-10-16(11-8-14)22(5)19(23)15-9-12-17(26-6)18(13-15)27(24,25)21-20(2,3)4/h9,12-14,16,21H,7-8,10-11H2,1-6H3. The van der Waals surface area contributed by atoms with Crippen molar-refractivity contribution in [2.45, 2.75) is 69.9 Å². The number of sulfonamides is 1. The first-order chi connectivity index (χ1) is 12.4. The van der Waals surface area contributed by atoms with Gasteiger partial charge in [-0.3, -0.25) is 4.79 Å². The van der Waals surface area contributed by atoms with Gasteiger partial charge in [0.15, 0.2) is 0 Å². The van der Waals surface area contributed by atoms with Gasteiger partial charge in [0.2, 0.25) is 10.0 Å². The SMILES string of the molecule is COc1ccc(C(=O)N(C)C2CCC(C)CC2)cc1S(=O)(=O)NC(C)(C)C. The lowest BCUT2D eigenvalue weighted by atomic mass is 9.86. The Balaban J connectivity index is 2.32. The van der Waals surface area contributed by atoms with Gasteiger partial charge >= 0.3 is 0 Å². The second-order valence-corrected chi connectivity index (χ2v) is 10.2. The van der Waals surface area contributed by atoms with E-state index in [1.165, 1.54) is 13.2 Å². The van der Waals surface area contributed by atoms with E-state index in [0.29, 0.717) is 11.5 Å². The molecule has 0 spiro atoms. The van der Waals surface area contributed by atoms with Crippen LogP contribution in [0.1, 0.15) is 63.7 Å². The van der Waals surface area contributed by atoms with Crippen molar-refractivity contribution >= 4 is 15.9 Å². The highest BCUT2D eigenvalue weighted by Crippen LogP contribution is 2.29. The number of nitrogens with one attached hydrogen (secondary N) is 1. The van der Waals surface area contributed by atoms with Crippen LogP contribution in [0.15, 0.2) is 23.1 Å². The summed E-state index contributed by atoms with van der Waals surface area (Å²) in [4.78, 5) is 14.7. The van der Waals surface area contributed by atoms with E-state index in [2.05, 4.69) is 11.6 Å². The van der Waals surface area contributed by atoms with Crippen LogP contribution in [0.25, 0.3) is 0 Å². The van der Waals surface area contributed by atoms with Gasteiger partial charge in [-0.1, -0.05) is 6.92 Å². The lowest BCUT2D eigenvalue weighted by Gasteiger charge is -2.33. The van der Waals surface area contributed by atoms with E-state index in [1.807, 2.05) is 0 Å². The van der Waals surface area contributed by atoms with Crippen molar-refractivity contribution in [1.82, 2.24) is 9.62 Å². The minimum absolute atomic E-state index is 0.0172. The monoisotopic (exact) mass is 396 g/mol. The molecule has 1 aromatic carbocycles. The van der Waals surface area contributed by atoms with Gasteiger partial charge in [0.1, 0.15) is 10.6 Å². The Morgan fingerprint density at radius 1 is 1.19 bits per heavy atom. The maximum atomic E-state index is 13.0. The summed E-state index contributed by atoms with van der Waals surface area (Å²) in [6.07, 6.45) is 4.19. The molecule has 0 aromatic heterocycles. The number of amides is 1. The fraction of sp³-hybridized carbons (Fsp3) is 0.650. The Morgan fingerprint density at radius 2 is 1.78 bits per heavy atom. The minimum Gasteiger partial charge on any atom is -0.495 e. The number of methoxy groups -OCH3 is 1. The lowest BCUT2D eigenvalue weighted by molar-refractivity contribution is 0.0679. The average molecular weight is 397 g/mol. The van der Waals surface area contributed by atoms with E-state index in [-0.39, 0.29) is 22.6 Å². The molecule has 152 valence electrons. The first-order valence-corrected chi connectivity index (χ1v) is 10.9. The third-order valence-electron chi connectivity index (χ3n) is 4.99. The molecule has 1 N–H and O–H groups in total. The molecule has 6 nitrogen and oxygen atoms in total. The Hall–Kier alpha value is -1.60. The Labute approximate surface area is 163 Å². The number of carbonyl (C=O) groups excluding carboxylic acids is 1. The number of carbonyl (C=O) groups is 1. The van der Waals surface area contributed by atoms with Gasteiger partial charge in [-0.2, -0.15) is 0 Å². The molecule has 1 aliphatic rings. The van der Waals surface area contributed by atoms with E-state index in [1.54, 1.807) is 44.9 Å². The highest BCUT2D eigenvalue weighted by atomic mass is 32.2. The zero-order valence-electron chi connectivity index (χ0n) is 17.2. The number of nitrogens with zero attached hydrogens (tertiary/aromatic N) is 1. The Morgan fingerprint density at radius 3 is 2.30 bits per heavy atom. The van der Waals surface area contributed by atoms with Crippen LogP contribution in [0, 0.1) is 5.92 Å². The fourth-order valence-corrected chi connectivity index (χ4v) is 5.09. The van der Waals surface area contributed by atoms with E-state index >= 15 is 0 Å². The predicted octanol–water partition coefficient (Wildman–Crippen LogP) is 3.42. The third kappa shape index (κ3) is 5.45. The largest absolute Gasteiger partial charge is 0.495 e. The number of rotatable bonds is 5. The van der Waals surface area contributed by atoms with Crippen LogP contribution in [0.2, 0.25) is 0 Å². The molecule has 1 aliphatic carbocycles. The summed E-state index contributed by atoms with van der Waals surface area (Å²) in [5.74, 6) is 0.757. The molecule has 2 rings (SSSR count). The molecule has 7 heteroatoms. The fourth-order valence-electron chi connectivity index (χ4n) is 3.48. The van der Waals surface area contributed by atoms with Gasteiger partial charge in [0, 0.05) is 24.2 Å². The molecule has 0 unspecified atom stereocenters. The van der Waals surface area contributed by atoms with E-state index in [0.717, 1.165) is 25.7 Å². The summed E-state index contributed by atoms with van der Waals surface area (Å²) in [5, 5.41) is 0. The van der Waals surface area contributed by atoms with Crippen molar-refractivity contribution in [3.8, 4) is 5.75 Å². The molecular formula is C20H32N2O4S. The van der Waals surface area contributed by atoms with Crippen molar-refractivity contribution in [2.75, 3.05) is 14.2 Å². The predicted molar refractivity (Wildman–Crippen MR) is 107 cm³/mol. The quantitative estimate of drug-likeness (QED) is 0.827. The molecule has 0 bridgehead atoms. The van der Waals surface area contributed by atoms with Gasteiger partial charge in [0.05, 0.1) is 7.11 Å². The van der Waals surface area contributed by atoms with Crippen LogP contribution in [-0.4, -0.2) is 45.0 Å². The van der Waals surface area contributed by atoms with E-state index < -0.39 is 15.6 Å². The number of benzene rings is 1. The number of hydrogen-bond acceptors (Lipinski definition) is 4. The molecule has 1 aromatic rings. The van der Waals surface area contributed by atoms with Crippen LogP contribution in [0.4, 0.5) is 0 Å². The summed E-state index contributed by atoms with van der Waals surface area (Å²) in [7, 11) is -0.601. The number of hydrogen-bond donors (Lipinski definition) is 1. The van der Waals surface area contributed by atoms with Gasteiger partial charge in [-0.05, 0) is 70.6 Å². The summed E-state index contributed by atoms with van der Waals surface area (Å²) in [6.45, 7) is 7.54. The van der Waals surface area contributed by atoms with Crippen LogP contribution < -0.4 is 9.46 Å². The maximum absolute atomic E-state index is 13.0. The third-order valence-corrected chi connectivity index (χ3v) is 6.77. The average Bonchev–Trinajstić information content (AvgIpc) is 2.58. The van der Waals surface area contributed by atoms with Gasteiger partial charge in [-0.25, -0.2) is 13.1 Å². The molecule has 0 saturated heterocycles. The van der Waals surface area contributed by atoms with E-state index in [9.17, 15) is 13.2 Å². The van der Waals surface area contributed by atoms with E-state index in [4.69, 9.17) is 4.74 Å². The van der Waals surface area contributed by atoms with Crippen molar-refractivity contribution in [1.29, 1.82) is 0 Å². The first kappa shape index (κ1) is 21.7. The molecule has 1 amide bonds. The zero-order chi connectivity index (χ0) is 20.4. The normalized spacial score (nSPS) is 21.0. The van der Waals surface area contributed by atoms with Crippen LogP contribution in [0.5, 0.6) is 5.75 Å². The second-order valence-electron chi connectivity index (χ2n) is 8.55. The molecular weight excluding hydrogens is 364 g/mol. The molecule has 1 fully saturated rings. The molecule has 0 radical (unpaired) electrons. The number of ether oxygens (including phenoxy) is 1. The maximum Gasteiger partial charge on any atom is 0.253 e. The highest BCUT2D eigenvalue weighted by molar-refractivity contribution is 7.89. The minimum atomic E-state index is -3.82. The molecule has 27 heavy (non-hydrogen) atoms. The van der Waals surface area contributed by atoms with Gasteiger partial charge in [-0.15, -0.1) is 0 Å². The van der Waals surface area contributed by atoms with Crippen LogP contribution >= 0.6 is 0 Å². The summed E-state index contributed by atoms with van der Waals surface area (Å²) in [6, 6.07) is 4.78. The van der Waals surface area contributed by atoms with Crippen molar-refractivity contribution in [3.63, 3.8) is 0 Å². The lowest BCUT2D eigenvalue weighted by Crippen LogP contribution is -2.41. The molecule has 1 saturated carbocycles. The summed E-state index contributed by atoms with van der Waals surface area (Å²) in [5.41, 5.74) is -0.286. The molecule has 0 aliphatic heterocycles. The van der Waals surface area contributed by atoms with Crippen LogP contribution in [0.3, 0.4) is 0 Å². The highest BCUT2D eigenvalue weighted by Gasteiger charge is 2.29. The zero-order valence-corrected chi connectivity index (χ0v) is 18.0. The van der Waals surface area contributed by atoms with Crippen molar-refractivity contribution < 1.29 is 17.9 Å². The first-order valence-electron chi connectivity index (χ1n) is 9.44. The van der Waals surface area contributed by atoms with Gasteiger partial charge < -0.3 is 9.64 Å². The molecule has 0 heterocycles. The second kappa shape index (κ2) is 8.19. The Kier molecular flexibility index (Phi) is 6.58. The van der Waals surface area contributed by atoms with Crippen molar-refractivity contribution in [2.24, 2.45) is 5.92 Å². The smallest absolute Gasteiger partial charge is 0.253 e. The summed E-state index contributed by atoms with van der Waals surface area (Å²) < 4.78 is 33.4. The van der Waals surface area contributed by atoms with Crippen molar-refractivity contribution in [3.05, 3.63) is 23.8 Å².